The smallest absolute Gasteiger partial charge is 0.234 e. The molecule has 25 heavy (non-hydrogen) atoms. The van der Waals surface area contributed by atoms with Crippen LogP contribution in [-0.2, 0) is 9.59 Å². The molecule has 0 aliphatic carbocycles. The Kier molecular flexibility index (Phi) is 7.47. The second kappa shape index (κ2) is 9.84. The third-order valence-corrected chi connectivity index (χ3v) is 4.39. The summed E-state index contributed by atoms with van der Waals surface area (Å²) in [6, 6.07) is 13.4. The summed E-state index contributed by atoms with van der Waals surface area (Å²) in [6.45, 7) is 2.04. The van der Waals surface area contributed by atoms with Crippen LogP contribution in [0, 0.1) is 5.82 Å². The molecule has 0 saturated heterocycles. The molecular formula is C19H21FN2O2S. The van der Waals surface area contributed by atoms with Crippen LogP contribution in [0.4, 0.5) is 15.8 Å². The van der Waals surface area contributed by atoms with Crippen molar-refractivity contribution in [2.24, 2.45) is 0 Å². The zero-order chi connectivity index (χ0) is 18.1. The number of rotatable bonds is 8. The van der Waals surface area contributed by atoms with Crippen LogP contribution in [0.2, 0.25) is 0 Å². The van der Waals surface area contributed by atoms with E-state index >= 15 is 0 Å². The van der Waals surface area contributed by atoms with Crippen LogP contribution in [0.3, 0.4) is 0 Å². The molecule has 0 aliphatic rings. The first-order chi connectivity index (χ1) is 12.1. The van der Waals surface area contributed by atoms with Gasteiger partial charge in [-0.2, -0.15) is 0 Å². The topological polar surface area (TPSA) is 58.2 Å². The maximum atomic E-state index is 13.5. The number of unbranched alkanes of at least 4 members (excludes halogenated alkanes) is 1. The molecule has 0 unspecified atom stereocenters. The molecule has 0 aliphatic heterocycles. The van der Waals surface area contributed by atoms with Crippen LogP contribution in [-0.4, -0.2) is 17.6 Å². The number of thioether (sulfide) groups is 1. The van der Waals surface area contributed by atoms with Crippen LogP contribution in [0.1, 0.15) is 26.2 Å². The molecule has 0 saturated carbocycles. The third kappa shape index (κ3) is 6.58. The van der Waals surface area contributed by atoms with Gasteiger partial charge >= 0.3 is 0 Å². The molecule has 0 fully saturated rings. The lowest BCUT2D eigenvalue weighted by molar-refractivity contribution is -0.116. The van der Waals surface area contributed by atoms with Crippen LogP contribution in [0.15, 0.2) is 53.4 Å². The highest BCUT2D eigenvalue weighted by atomic mass is 32.2. The minimum atomic E-state index is -0.461. The molecule has 2 N–H and O–H groups in total. The van der Waals surface area contributed by atoms with Crippen LogP contribution < -0.4 is 10.6 Å². The van der Waals surface area contributed by atoms with Crippen molar-refractivity contribution in [2.75, 3.05) is 16.4 Å². The van der Waals surface area contributed by atoms with Crippen molar-refractivity contribution in [3.63, 3.8) is 0 Å². The van der Waals surface area contributed by atoms with E-state index in [2.05, 4.69) is 10.6 Å². The largest absolute Gasteiger partial charge is 0.326 e. The molecule has 0 atom stereocenters. The van der Waals surface area contributed by atoms with E-state index in [1.807, 2.05) is 31.2 Å². The number of amides is 2. The number of hydrogen-bond acceptors (Lipinski definition) is 3. The van der Waals surface area contributed by atoms with Gasteiger partial charge in [-0.1, -0.05) is 31.5 Å². The summed E-state index contributed by atoms with van der Waals surface area (Å²) in [7, 11) is 0. The zero-order valence-electron chi connectivity index (χ0n) is 14.0. The van der Waals surface area contributed by atoms with E-state index in [9.17, 15) is 14.0 Å². The lowest BCUT2D eigenvalue weighted by atomic mass is 10.2. The molecule has 0 heterocycles. The van der Waals surface area contributed by atoms with Gasteiger partial charge in [0.05, 0.1) is 11.4 Å². The van der Waals surface area contributed by atoms with Gasteiger partial charge in [0, 0.05) is 17.0 Å². The highest BCUT2D eigenvalue weighted by Crippen LogP contribution is 2.22. The first kappa shape index (κ1) is 19.0. The monoisotopic (exact) mass is 360 g/mol. The minimum absolute atomic E-state index is 0.0127. The Morgan fingerprint density at radius 1 is 1.04 bits per heavy atom. The Morgan fingerprint density at radius 3 is 2.60 bits per heavy atom. The van der Waals surface area contributed by atoms with Crippen molar-refractivity contribution in [1.29, 1.82) is 0 Å². The van der Waals surface area contributed by atoms with Crippen LogP contribution in [0.5, 0.6) is 0 Å². The lowest BCUT2D eigenvalue weighted by Crippen LogP contribution is -2.15. The summed E-state index contributed by atoms with van der Waals surface area (Å²) in [5.74, 6) is -0.604. The van der Waals surface area contributed by atoms with Crippen LogP contribution >= 0.6 is 11.8 Å². The highest BCUT2D eigenvalue weighted by Gasteiger charge is 2.08. The Morgan fingerprint density at radius 2 is 1.84 bits per heavy atom. The number of anilines is 2. The van der Waals surface area contributed by atoms with Gasteiger partial charge in [0.1, 0.15) is 5.82 Å². The number of para-hydroxylation sites is 1. The summed E-state index contributed by atoms with van der Waals surface area (Å²) in [5.41, 5.74) is 0.880. The number of carbonyl (C=O) groups is 2. The second-order valence-electron chi connectivity index (χ2n) is 5.50. The second-order valence-corrected chi connectivity index (χ2v) is 6.55. The van der Waals surface area contributed by atoms with E-state index in [1.165, 1.54) is 23.9 Å². The SMILES string of the molecule is CCCCC(=O)Nc1cccc(SCC(=O)Nc2ccccc2F)c1. The molecule has 6 heteroatoms. The van der Waals surface area contributed by atoms with Gasteiger partial charge in [0.15, 0.2) is 0 Å². The fraction of sp³-hybridized carbons (Fsp3) is 0.263. The number of halogens is 1. The molecule has 0 aromatic heterocycles. The van der Waals surface area contributed by atoms with Crippen molar-refractivity contribution < 1.29 is 14.0 Å². The molecule has 0 spiro atoms. The average molecular weight is 360 g/mol. The van der Waals surface area contributed by atoms with E-state index in [-0.39, 0.29) is 23.3 Å². The van der Waals surface area contributed by atoms with Crippen molar-refractivity contribution >= 4 is 35.0 Å². The van der Waals surface area contributed by atoms with E-state index in [0.29, 0.717) is 12.1 Å². The van der Waals surface area contributed by atoms with Gasteiger partial charge in [-0.25, -0.2) is 4.39 Å². The maximum absolute atomic E-state index is 13.5. The fourth-order valence-electron chi connectivity index (χ4n) is 2.12. The average Bonchev–Trinajstić information content (AvgIpc) is 2.60. The molecule has 2 aromatic carbocycles. The predicted octanol–water partition coefficient (Wildman–Crippen LogP) is 4.69. The summed E-state index contributed by atoms with van der Waals surface area (Å²) in [6.07, 6.45) is 2.33. The summed E-state index contributed by atoms with van der Waals surface area (Å²) >= 11 is 1.33. The lowest BCUT2D eigenvalue weighted by Gasteiger charge is -2.08. The van der Waals surface area contributed by atoms with Crippen LogP contribution in [0.25, 0.3) is 0 Å². The molecule has 2 aromatic rings. The molecule has 2 amide bonds. The van der Waals surface area contributed by atoms with E-state index in [1.54, 1.807) is 12.1 Å². The quantitative estimate of drug-likeness (QED) is 0.672. The Hall–Kier alpha value is -2.34. The van der Waals surface area contributed by atoms with E-state index in [0.717, 1.165) is 17.7 Å². The first-order valence-electron chi connectivity index (χ1n) is 8.15. The number of nitrogens with one attached hydrogen (secondary N) is 2. The molecule has 132 valence electrons. The normalized spacial score (nSPS) is 10.3. The Bertz CT molecular complexity index is 737. The van der Waals surface area contributed by atoms with Gasteiger partial charge in [-0.05, 0) is 36.8 Å². The molecular weight excluding hydrogens is 339 g/mol. The fourth-order valence-corrected chi connectivity index (χ4v) is 2.88. The summed E-state index contributed by atoms with van der Waals surface area (Å²) < 4.78 is 13.5. The van der Waals surface area contributed by atoms with E-state index in [4.69, 9.17) is 0 Å². The Balaban J connectivity index is 1.86. The molecule has 4 nitrogen and oxygen atoms in total. The summed E-state index contributed by atoms with van der Waals surface area (Å²) in [5, 5.41) is 5.40. The summed E-state index contributed by atoms with van der Waals surface area (Å²) in [4.78, 5) is 24.6. The highest BCUT2D eigenvalue weighted by molar-refractivity contribution is 8.00. The van der Waals surface area contributed by atoms with Crippen molar-refractivity contribution in [1.82, 2.24) is 0 Å². The van der Waals surface area contributed by atoms with Gasteiger partial charge in [-0.15, -0.1) is 11.8 Å². The maximum Gasteiger partial charge on any atom is 0.234 e. The third-order valence-electron chi connectivity index (χ3n) is 3.39. The zero-order valence-corrected chi connectivity index (χ0v) is 14.9. The Labute approximate surface area is 151 Å². The first-order valence-corrected chi connectivity index (χ1v) is 9.14. The van der Waals surface area contributed by atoms with Gasteiger partial charge in [0.2, 0.25) is 11.8 Å². The molecule has 0 bridgehead atoms. The predicted molar refractivity (Wildman–Crippen MR) is 100 cm³/mol. The van der Waals surface area contributed by atoms with Gasteiger partial charge in [0.25, 0.3) is 0 Å². The number of hydrogen-bond donors (Lipinski definition) is 2. The van der Waals surface area contributed by atoms with Gasteiger partial charge in [-0.3, -0.25) is 9.59 Å². The van der Waals surface area contributed by atoms with Crippen molar-refractivity contribution in [2.45, 2.75) is 31.1 Å². The van der Waals surface area contributed by atoms with Crippen molar-refractivity contribution in [3.8, 4) is 0 Å². The van der Waals surface area contributed by atoms with Crippen molar-refractivity contribution in [3.05, 3.63) is 54.3 Å². The van der Waals surface area contributed by atoms with Gasteiger partial charge < -0.3 is 10.6 Å². The van der Waals surface area contributed by atoms with E-state index < -0.39 is 5.82 Å². The molecule has 0 radical (unpaired) electrons. The number of benzene rings is 2. The molecule has 2 rings (SSSR count). The minimum Gasteiger partial charge on any atom is -0.326 e. The number of carbonyl (C=O) groups excluding carboxylic acids is 2. The standard InChI is InChI=1S/C19H21FN2O2S/c1-2-3-11-18(23)21-14-7-6-8-15(12-14)25-13-19(24)22-17-10-5-4-9-16(17)20/h4-10,12H,2-3,11,13H2,1H3,(H,21,23)(H,22,24).